The fourth-order valence-corrected chi connectivity index (χ4v) is 2.05. The van der Waals surface area contributed by atoms with Gasteiger partial charge in [-0.3, -0.25) is 9.69 Å². The van der Waals surface area contributed by atoms with E-state index in [-0.39, 0.29) is 6.04 Å². The third kappa shape index (κ3) is 3.14. The maximum absolute atomic E-state index is 13.1. The van der Waals surface area contributed by atoms with Gasteiger partial charge in [0.05, 0.1) is 12.0 Å². The second-order valence-corrected chi connectivity index (χ2v) is 4.66. The molecule has 0 aromatic heterocycles. The average molecular weight is 278 g/mol. The molecule has 1 aromatic carbocycles. The Kier molecular flexibility index (Phi) is 4.02. The Morgan fingerprint density at radius 2 is 2.15 bits per heavy atom. The van der Waals surface area contributed by atoms with Gasteiger partial charge in [0.2, 0.25) is 0 Å². The average Bonchev–Trinajstić information content (AvgIpc) is 2.86. The van der Waals surface area contributed by atoms with Crippen molar-refractivity contribution in [2.75, 3.05) is 11.9 Å². The Hall–Kier alpha value is -2.37. The SMILES string of the molecule is CN(C(=O)NC1C=CC(C(=O)O)C1)c1cccc(F)c1. The molecule has 0 saturated heterocycles. The van der Waals surface area contributed by atoms with Gasteiger partial charge in [-0.1, -0.05) is 18.2 Å². The summed E-state index contributed by atoms with van der Waals surface area (Å²) < 4.78 is 13.1. The molecule has 20 heavy (non-hydrogen) atoms. The summed E-state index contributed by atoms with van der Waals surface area (Å²) in [4.78, 5) is 24.1. The van der Waals surface area contributed by atoms with Crippen molar-refractivity contribution >= 4 is 17.7 Å². The number of halogens is 1. The number of urea groups is 1. The molecule has 6 heteroatoms. The standard InChI is InChI=1S/C14H15FN2O3/c1-17(12-4-2-3-10(15)8-12)14(20)16-11-6-5-9(7-11)13(18)19/h2-6,8-9,11H,7H2,1H3,(H,16,20)(H,18,19). The van der Waals surface area contributed by atoms with E-state index in [1.165, 1.54) is 30.1 Å². The predicted octanol–water partition coefficient (Wildman–Crippen LogP) is 2.00. The van der Waals surface area contributed by atoms with E-state index in [1.54, 1.807) is 18.2 Å². The van der Waals surface area contributed by atoms with Crippen molar-refractivity contribution < 1.29 is 19.1 Å². The third-order valence-electron chi connectivity index (χ3n) is 3.21. The minimum Gasteiger partial charge on any atom is -0.481 e. The molecule has 2 atom stereocenters. The van der Waals surface area contributed by atoms with Gasteiger partial charge in [-0.15, -0.1) is 0 Å². The number of amides is 2. The highest BCUT2D eigenvalue weighted by Gasteiger charge is 2.26. The number of aliphatic carboxylic acids is 1. The highest BCUT2D eigenvalue weighted by atomic mass is 19.1. The van der Waals surface area contributed by atoms with Crippen LogP contribution in [0.15, 0.2) is 36.4 Å². The summed E-state index contributed by atoms with van der Waals surface area (Å²) >= 11 is 0. The van der Waals surface area contributed by atoms with Crippen LogP contribution in [0.2, 0.25) is 0 Å². The molecule has 1 aromatic rings. The van der Waals surface area contributed by atoms with Crippen LogP contribution in [0.5, 0.6) is 0 Å². The number of nitrogens with zero attached hydrogens (tertiary/aromatic N) is 1. The van der Waals surface area contributed by atoms with Gasteiger partial charge in [0.1, 0.15) is 5.82 Å². The first-order chi connectivity index (χ1) is 9.47. The van der Waals surface area contributed by atoms with E-state index in [9.17, 15) is 14.0 Å². The molecule has 2 N–H and O–H groups in total. The van der Waals surface area contributed by atoms with Gasteiger partial charge in [-0.2, -0.15) is 0 Å². The first kappa shape index (κ1) is 14.0. The largest absolute Gasteiger partial charge is 0.481 e. The lowest BCUT2D eigenvalue weighted by atomic mass is 10.1. The summed E-state index contributed by atoms with van der Waals surface area (Å²) in [6.07, 6.45) is 3.56. The van der Waals surface area contributed by atoms with E-state index in [1.807, 2.05) is 0 Å². The summed E-state index contributed by atoms with van der Waals surface area (Å²) in [7, 11) is 1.53. The molecule has 2 rings (SSSR count). The first-order valence-corrected chi connectivity index (χ1v) is 6.18. The Balaban J connectivity index is 1.96. The second-order valence-electron chi connectivity index (χ2n) is 4.66. The molecule has 0 bridgehead atoms. The van der Waals surface area contributed by atoms with E-state index in [0.717, 1.165) is 0 Å². The fourth-order valence-electron chi connectivity index (χ4n) is 2.05. The van der Waals surface area contributed by atoms with E-state index in [0.29, 0.717) is 12.1 Å². The van der Waals surface area contributed by atoms with E-state index >= 15 is 0 Å². The van der Waals surface area contributed by atoms with Crippen LogP contribution in [0, 0.1) is 11.7 Å². The quantitative estimate of drug-likeness (QED) is 0.831. The highest BCUT2D eigenvalue weighted by molar-refractivity contribution is 5.91. The molecule has 0 fully saturated rings. The minimum atomic E-state index is -0.906. The number of rotatable bonds is 3. The molecule has 106 valence electrons. The number of hydrogen-bond acceptors (Lipinski definition) is 2. The number of nitrogens with one attached hydrogen (secondary N) is 1. The van der Waals surface area contributed by atoms with Crippen LogP contribution in [0.25, 0.3) is 0 Å². The first-order valence-electron chi connectivity index (χ1n) is 6.18. The lowest BCUT2D eigenvalue weighted by Crippen LogP contribution is -2.42. The van der Waals surface area contributed by atoms with Crippen molar-refractivity contribution in [1.29, 1.82) is 0 Å². The molecule has 1 aliphatic carbocycles. The molecular formula is C14H15FN2O3. The fraction of sp³-hybridized carbons (Fsp3) is 0.286. The van der Waals surface area contributed by atoms with Crippen LogP contribution in [0.1, 0.15) is 6.42 Å². The molecule has 0 spiro atoms. The number of anilines is 1. The Bertz CT molecular complexity index is 559. The minimum absolute atomic E-state index is 0.320. The van der Waals surface area contributed by atoms with Crippen LogP contribution < -0.4 is 10.2 Å². The van der Waals surface area contributed by atoms with Gasteiger partial charge in [-0.25, -0.2) is 9.18 Å². The molecular weight excluding hydrogens is 263 g/mol. The maximum atomic E-state index is 13.1. The van der Waals surface area contributed by atoms with E-state index in [4.69, 9.17) is 5.11 Å². The summed E-state index contributed by atoms with van der Waals surface area (Å²) in [6.45, 7) is 0. The van der Waals surface area contributed by atoms with Gasteiger partial charge in [0, 0.05) is 12.7 Å². The van der Waals surface area contributed by atoms with Crippen LogP contribution >= 0.6 is 0 Å². The zero-order chi connectivity index (χ0) is 14.7. The number of hydrogen-bond donors (Lipinski definition) is 2. The third-order valence-corrected chi connectivity index (χ3v) is 3.21. The summed E-state index contributed by atoms with van der Waals surface area (Å²) in [5.41, 5.74) is 0.430. The monoisotopic (exact) mass is 278 g/mol. The van der Waals surface area contributed by atoms with Crippen LogP contribution in [0.4, 0.5) is 14.9 Å². The van der Waals surface area contributed by atoms with Crippen molar-refractivity contribution in [3.8, 4) is 0 Å². The normalized spacial score (nSPS) is 20.7. The van der Waals surface area contributed by atoms with Crippen LogP contribution in [-0.2, 0) is 4.79 Å². The van der Waals surface area contributed by atoms with Crippen molar-refractivity contribution in [1.82, 2.24) is 5.32 Å². The molecule has 1 aliphatic rings. The Morgan fingerprint density at radius 1 is 1.40 bits per heavy atom. The van der Waals surface area contributed by atoms with Gasteiger partial charge in [0.25, 0.3) is 0 Å². The Labute approximate surface area is 115 Å². The smallest absolute Gasteiger partial charge is 0.322 e. The number of carboxylic acid groups (broad SMARTS) is 1. The van der Waals surface area contributed by atoms with Gasteiger partial charge in [-0.05, 0) is 24.6 Å². The molecule has 5 nitrogen and oxygen atoms in total. The van der Waals surface area contributed by atoms with Crippen LogP contribution in [0.3, 0.4) is 0 Å². The zero-order valence-corrected chi connectivity index (χ0v) is 10.9. The topological polar surface area (TPSA) is 69.6 Å². The predicted molar refractivity (Wildman–Crippen MR) is 72.0 cm³/mol. The number of carbonyl (C=O) groups is 2. The van der Waals surface area contributed by atoms with Gasteiger partial charge >= 0.3 is 12.0 Å². The van der Waals surface area contributed by atoms with Gasteiger partial charge < -0.3 is 10.4 Å². The van der Waals surface area contributed by atoms with E-state index in [2.05, 4.69) is 5.32 Å². The second kappa shape index (κ2) is 5.73. The lowest BCUT2D eigenvalue weighted by Gasteiger charge is -2.20. The number of carbonyl (C=O) groups excluding carboxylic acids is 1. The van der Waals surface area contributed by atoms with E-state index < -0.39 is 23.7 Å². The summed E-state index contributed by atoms with van der Waals surface area (Å²) in [6, 6.07) is 4.96. The molecule has 2 unspecified atom stereocenters. The molecule has 0 radical (unpaired) electrons. The molecule has 0 saturated carbocycles. The Morgan fingerprint density at radius 3 is 2.75 bits per heavy atom. The molecule has 2 amide bonds. The molecule has 0 aliphatic heterocycles. The highest BCUT2D eigenvalue weighted by Crippen LogP contribution is 2.19. The van der Waals surface area contributed by atoms with Crippen molar-refractivity contribution in [3.05, 3.63) is 42.2 Å². The summed E-state index contributed by atoms with van der Waals surface area (Å²) in [5.74, 6) is -1.90. The molecule has 0 heterocycles. The van der Waals surface area contributed by atoms with Crippen molar-refractivity contribution in [2.45, 2.75) is 12.5 Å². The van der Waals surface area contributed by atoms with Crippen molar-refractivity contribution in [2.24, 2.45) is 5.92 Å². The summed E-state index contributed by atoms with van der Waals surface area (Å²) in [5, 5.41) is 11.6. The lowest BCUT2D eigenvalue weighted by molar-refractivity contribution is -0.140. The number of benzene rings is 1. The maximum Gasteiger partial charge on any atom is 0.322 e. The van der Waals surface area contributed by atoms with Crippen molar-refractivity contribution in [3.63, 3.8) is 0 Å². The van der Waals surface area contributed by atoms with Crippen LogP contribution in [-0.4, -0.2) is 30.2 Å². The zero-order valence-electron chi connectivity index (χ0n) is 10.9. The van der Waals surface area contributed by atoms with Gasteiger partial charge in [0.15, 0.2) is 0 Å². The number of carboxylic acids is 1.